The first-order valence-corrected chi connectivity index (χ1v) is 7.26. The van der Waals surface area contributed by atoms with Gasteiger partial charge in [0.05, 0.1) is 0 Å². The van der Waals surface area contributed by atoms with Crippen LogP contribution in [-0.4, -0.2) is 5.33 Å². The van der Waals surface area contributed by atoms with Crippen LogP contribution in [0.3, 0.4) is 0 Å². The lowest BCUT2D eigenvalue weighted by Gasteiger charge is -2.17. The van der Waals surface area contributed by atoms with Crippen LogP contribution in [-0.2, 0) is 0 Å². The molecule has 2 aliphatic carbocycles. The second-order valence-corrected chi connectivity index (χ2v) is 5.73. The predicted molar refractivity (Wildman–Crippen MR) is 65.7 cm³/mol. The topological polar surface area (TPSA) is 0 Å². The highest BCUT2D eigenvalue weighted by Crippen LogP contribution is 2.45. The largest absolute Gasteiger partial charge is 0.0928 e. The van der Waals surface area contributed by atoms with Crippen LogP contribution in [0.25, 0.3) is 0 Å². The van der Waals surface area contributed by atoms with Gasteiger partial charge in [-0.1, -0.05) is 47.3 Å². The Balaban J connectivity index is 1.56. The summed E-state index contributed by atoms with van der Waals surface area (Å²) in [5, 5.41) is 1.18. The third-order valence-electron chi connectivity index (χ3n) is 3.87. The molecule has 0 radical (unpaired) electrons. The number of hydrogen-bond donors (Lipinski definition) is 0. The van der Waals surface area contributed by atoms with Crippen LogP contribution in [0.5, 0.6) is 0 Å². The number of hydrogen-bond acceptors (Lipinski definition) is 0. The predicted octanol–water partition coefficient (Wildman–Crippen LogP) is 4.54. The van der Waals surface area contributed by atoms with Crippen molar-refractivity contribution in [3.63, 3.8) is 0 Å². The van der Waals surface area contributed by atoms with Crippen LogP contribution in [0.2, 0.25) is 0 Å². The minimum absolute atomic E-state index is 0.965. The van der Waals surface area contributed by atoms with E-state index in [0.717, 1.165) is 17.8 Å². The van der Waals surface area contributed by atoms with E-state index in [1.165, 1.54) is 50.3 Å². The number of halogens is 1. The summed E-state index contributed by atoms with van der Waals surface area (Å²) in [6.07, 6.45) is 15.1. The molecule has 3 unspecified atom stereocenters. The van der Waals surface area contributed by atoms with E-state index < -0.39 is 0 Å². The summed E-state index contributed by atoms with van der Waals surface area (Å²) in [7, 11) is 0. The standard InChI is InChI=1S/C13H21Br/c14-8-4-2-1-3-5-12-9-11-6-7-13(12)10-11/h6-7,11-13H,1-5,8-10H2. The molecule has 0 nitrogen and oxygen atoms in total. The van der Waals surface area contributed by atoms with Gasteiger partial charge >= 0.3 is 0 Å². The van der Waals surface area contributed by atoms with E-state index in [9.17, 15) is 0 Å². The van der Waals surface area contributed by atoms with Gasteiger partial charge in [0.25, 0.3) is 0 Å². The fraction of sp³-hybridized carbons (Fsp3) is 0.846. The Hall–Kier alpha value is 0.220. The molecule has 0 amide bonds. The molecule has 2 bridgehead atoms. The minimum atomic E-state index is 0.965. The van der Waals surface area contributed by atoms with Crippen molar-refractivity contribution in [1.82, 2.24) is 0 Å². The summed E-state index contributed by atoms with van der Waals surface area (Å²) in [5.74, 6) is 2.98. The van der Waals surface area contributed by atoms with Gasteiger partial charge in [0.1, 0.15) is 0 Å². The number of unbranched alkanes of at least 4 members (excludes halogenated alkanes) is 3. The summed E-state index contributed by atoms with van der Waals surface area (Å²) < 4.78 is 0. The second-order valence-electron chi connectivity index (χ2n) is 4.93. The maximum absolute atomic E-state index is 3.49. The Bertz CT molecular complexity index is 197. The summed E-state index contributed by atoms with van der Waals surface area (Å²) >= 11 is 3.49. The molecule has 0 aromatic carbocycles. The maximum Gasteiger partial charge on any atom is 0.00313 e. The highest BCUT2D eigenvalue weighted by molar-refractivity contribution is 9.09. The van der Waals surface area contributed by atoms with Crippen molar-refractivity contribution in [2.45, 2.75) is 44.9 Å². The second kappa shape index (κ2) is 5.34. The van der Waals surface area contributed by atoms with E-state index in [0.29, 0.717) is 0 Å². The minimum Gasteiger partial charge on any atom is -0.0928 e. The van der Waals surface area contributed by atoms with E-state index in [1.807, 2.05) is 0 Å². The van der Waals surface area contributed by atoms with Crippen molar-refractivity contribution in [3.05, 3.63) is 12.2 Å². The monoisotopic (exact) mass is 256 g/mol. The normalized spacial score (nSPS) is 34.2. The highest BCUT2D eigenvalue weighted by Gasteiger charge is 2.34. The zero-order valence-electron chi connectivity index (χ0n) is 8.92. The van der Waals surface area contributed by atoms with Crippen LogP contribution < -0.4 is 0 Å². The third kappa shape index (κ3) is 2.62. The molecule has 1 heteroatoms. The van der Waals surface area contributed by atoms with Gasteiger partial charge in [-0.25, -0.2) is 0 Å². The maximum atomic E-state index is 3.49. The van der Waals surface area contributed by atoms with Gasteiger partial charge in [0.2, 0.25) is 0 Å². The Morgan fingerprint density at radius 1 is 1.00 bits per heavy atom. The van der Waals surface area contributed by atoms with Gasteiger partial charge in [0, 0.05) is 5.33 Å². The van der Waals surface area contributed by atoms with Gasteiger partial charge < -0.3 is 0 Å². The summed E-state index contributed by atoms with van der Waals surface area (Å²) in [6, 6.07) is 0. The Morgan fingerprint density at radius 2 is 1.86 bits per heavy atom. The van der Waals surface area contributed by atoms with Gasteiger partial charge in [-0.2, -0.15) is 0 Å². The zero-order chi connectivity index (χ0) is 9.80. The lowest BCUT2D eigenvalue weighted by molar-refractivity contribution is 0.395. The number of rotatable bonds is 6. The molecular formula is C13H21Br. The average molecular weight is 257 g/mol. The quantitative estimate of drug-likeness (QED) is 0.372. The summed E-state index contributed by atoms with van der Waals surface area (Å²) in [6.45, 7) is 0. The van der Waals surface area contributed by atoms with E-state index in [-0.39, 0.29) is 0 Å². The first-order chi connectivity index (χ1) is 6.90. The molecule has 0 aromatic heterocycles. The van der Waals surface area contributed by atoms with Crippen molar-refractivity contribution in [1.29, 1.82) is 0 Å². The smallest absolute Gasteiger partial charge is 0.00313 e. The molecule has 0 spiro atoms. The Morgan fingerprint density at radius 3 is 2.50 bits per heavy atom. The molecule has 80 valence electrons. The molecule has 0 saturated heterocycles. The van der Waals surface area contributed by atoms with Crippen LogP contribution in [0.15, 0.2) is 12.2 Å². The molecule has 3 atom stereocenters. The first-order valence-electron chi connectivity index (χ1n) is 6.14. The molecule has 14 heavy (non-hydrogen) atoms. The van der Waals surface area contributed by atoms with E-state index in [4.69, 9.17) is 0 Å². The highest BCUT2D eigenvalue weighted by atomic mass is 79.9. The van der Waals surface area contributed by atoms with Gasteiger partial charge in [0.15, 0.2) is 0 Å². The lowest BCUT2D eigenvalue weighted by Crippen LogP contribution is -2.06. The fourth-order valence-corrected chi connectivity index (χ4v) is 3.48. The van der Waals surface area contributed by atoms with Crippen LogP contribution in [0.4, 0.5) is 0 Å². The third-order valence-corrected chi connectivity index (χ3v) is 4.44. The molecular weight excluding hydrogens is 236 g/mol. The van der Waals surface area contributed by atoms with Crippen molar-refractivity contribution in [2.75, 3.05) is 5.33 Å². The van der Waals surface area contributed by atoms with E-state index in [2.05, 4.69) is 28.1 Å². The molecule has 2 aliphatic rings. The first kappa shape index (κ1) is 10.7. The molecule has 1 fully saturated rings. The van der Waals surface area contributed by atoms with E-state index >= 15 is 0 Å². The number of allylic oxidation sites excluding steroid dienone is 2. The summed E-state index contributed by atoms with van der Waals surface area (Å²) in [4.78, 5) is 0. The summed E-state index contributed by atoms with van der Waals surface area (Å²) in [5.41, 5.74) is 0. The molecule has 0 N–H and O–H groups in total. The Kier molecular flexibility index (Phi) is 4.10. The molecule has 1 saturated carbocycles. The van der Waals surface area contributed by atoms with Crippen molar-refractivity contribution < 1.29 is 0 Å². The molecule has 0 aliphatic heterocycles. The van der Waals surface area contributed by atoms with Crippen molar-refractivity contribution in [3.8, 4) is 0 Å². The van der Waals surface area contributed by atoms with Gasteiger partial charge in [-0.05, 0) is 43.4 Å². The zero-order valence-corrected chi connectivity index (χ0v) is 10.5. The van der Waals surface area contributed by atoms with Crippen molar-refractivity contribution in [2.24, 2.45) is 17.8 Å². The van der Waals surface area contributed by atoms with Crippen LogP contribution in [0.1, 0.15) is 44.9 Å². The molecule has 0 heterocycles. The van der Waals surface area contributed by atoms with Gasteiger partial charge in [-0.15, -0.1) is 0 Å². The SMILES string of the molecule is BrCCCCCCC1CC2C=CC1C2. The van der Waals surface area contributed by atoms with Gasteiger partial charge in [-0.3, -0.25) is 0 Å². The van der Waals surface area contributed by atoms with Crippen LogP contribution >= 0.6 is 15.9 Å². The fourth-order valence-electron chi connectivity index (χ4n) is 3.08. The molecule has 2 rings (SSSR count). The average Bonchev–Trinajstić information content (AvgIpc) is 2.79. The number of fused-ring (bicyclic) bond motifs is 2. The Labute approximate surface area is 96.3 Å². The van der Waals surface area contributed by atoms with E-state index in [1.54, 1.807) is 0 Å². The van der Waals surface area contributed by atoms with Crippen LogP contribution in [0, 0.1) is 17.8 Å². The number of alkyl halides is 1. The molecule has 0 aromatic rings. The van der Waals surface area contributed by atoms with Crippen molar-refractivity contribution >= 4 is 15.9 Å². The lowest BCUT2D eigenvalue weighted by atomic mass is 9.88.